The average Bonchev–Trinajstić information content (AvgIpc) is 3.62. The van der Waals surface area contributed by atoms with Crippen LogP contribution in [0, 0.1) is 0 Å². The molecule has 2 N–H and O–H groups in total. The maximum Gasteiger partial charge on any atom is 0.288 e. The van der Waals surface area contributed by atoms with Crippen LogP contribution >= 0.6 is 0 Å². The Balaban J connectivity index is 1.48. The fraction of sp³-hybridized carbons (Fsp3) is 0.273. The van der Waals surface area contributed by atoms with Crippen molar-refractivity contribution in [2.75, 3.05) is 14.2 Å². The average molecular weight is 421 g/mol. The second-order valence-corrected chi connectivity index (χ2v) is 7.15. The normalized spacial score (nSPS) is 12.9. The van der Waals surface area contributed by atoms with Gasteiger partial charge in [-0.2, -0.15) is 0 Å². The van der Waals surface area contributed by atoms with Crippen LogP contribution in [0.25, 0.3) is 11.3 Å². The first kappa shape index (κ1) is 20.5. The molecule has 1 aromatic carbocycles. The third-order valence-electron chi connectivity index (χ3n) is 4.72. The molecule has 4 rings (SSSR count). The molecular weight excluding hydrogens is 398 g/mol. The number of hydrazine groups is 1. The van der Waals surface area contributed by atoms with Crippen molar-refractivity contribution >= 4 is 5.91 Å². The number of aromatic nitrogens is 3. The summed E-state index contributed by atoms with van der Waals surface area (Å²) in [7, 11) is 3.12. The number of nitrogens with zero attached hydrogens (tertiary/aromatic N) is 4. The van der Waals surface area contributed by atoms with E-state index in [0.29, 0.717) is 23.1 Å². The Bertz CT molecular complexity index is 1050. The van der Waals surface area contributed by atoms with Gasteiger partial charge < -0.3 is 14.2 Å². The number of amides is 1. The zero-order valence-corrected chi connectivity index (χ0v) is 17.3. The first-order valence-electron chi connectivity index (χ1n) is 9.79. The molecule has 0 aliphatic heterocycles. The minimum absolute atomic E-state index is 0.133. The molecule has 160 valence electrons. The highest BCUT2D eigenvalue weighted by Crippen LogP contribution is 2.27. The highest BCUT2D eigenvalue weighted by Gasteiger charge is 2.24. The van der Waals surface area contributed by atoms with E-state index in [2.05, 4.69) is 15.0 Å². The summed E-state index contributed by atoms with van der Waals surface area (Å²) in [6.07, 6.45) is 7.02. The lowest BCUT2D eigenvalue weighted by atomic mass is 10.2. The van der Waals surface area contributed by atoms with E-state index in [1.165, 1.54) is 6.20 Å². The largest absolute Gasteiger partial charge is 0.497 e. The Kier molecular flexibility index (Phi) is 5.94. The van der Waals surface area contributed by atoms with E-state index in [1.807, 2.05) is 6.07 Å². The van der Waals surface area contributed by atoms with Crippen molar-refractivity contribution < 1.29 is 19.0 Å². The number of benzene rings is 1. The lowest BCUT2D eigenvalue weighted by Gasteiger charge is -2.17. The topological polar surface area (TPSA) is 113 Å². The van der Waals surface area contributed by atoms with Crippen molar-refractivity contribution in [1.82, 2.24) is 20.0 Å². The van der Waals surface area contributed by atoms with Gasteiger partial charge in [0, 0.05) is 23.9 Å². The molecule has 0 radical (unpaired) electrons. The Morgan fingerprint density at radius 1 is 1.10 bits per heavy atom. The predicted molar refractivity (Wildman–Crippen MR) is 113 cm³/mol. The Labute approximate surface area is 179 Å². The molecule has 2 aromatic heterocycles. The molecule has 1 saturated carbocycles. The molecule has 2 heterocycles. The number of carbonyl (C=O) groups is 1. The van der Waals surface area contributed by atoms with Crippen molar-refractivity contribution in [3.05, 3.63) is 60.2 Å². The van der Waals surface area contributed by atoms with Crippen molar-refractivity contribution in [1.29, 1.82) is 0 Å². The Morgan fingerprint density at radius 3 is 2.45 bits per heavy atom. The molecule has 0 bridgehead atoms. The van der Waals surface area contributed by atoms with Crippen LogP contribution in [0.2, 0.25) is 0 Å². The zero-order chi connectivity index (χ0) is 21.8. The number of hydrogen-bond acceptors (Lipinski definition) is 8. The van der Waals surface area contributed by atoms with Gasteiger partial charge in [0.15, 0.2) is 0 Å². The van der Waals surface area contributed by atoms with Gasteiger partial charge in [-0.25, -0.2) is 15.8 Å². The molecular formula is C22H23N5O4. The molecule has 9 nitrogen and oxygen atoms in total. The SMILES string of the molecule is COc1cc(CN(N)C(=O)c2cncc(-c3ccc(OC4CC4)nc3)n2)cc(OC)c1. The second-order valence-electron chi connectivity index (χ2n) is 7.15. The van der Waals surface area contributed by atoms with E-state index in [0.717, 1.165) is 29.0 Å². The number of methoxy groups -OCH3 is 2. The fourth-order valence-electron chi connectivity index (χ4n) is 2.94. The smallest absolute Gasteiger partial charge is 0.288 e. The van der Waals surface area contributed by atoms with E-state index in [9.17, 15) is 4.79 Å². The Hall–Kier alpha value is -3.72. The van der Waals surface area contributed by atoms with Gasteiger partial charge in [-0.15, -0.1) is 0 Å². The van der Waals surface area contributed by atoms with Crippen molar-refractivity contribution in [2.45, 2.75) is 25.5 Å². The molecule has 1 fully saturated rings. The van der Waals surface area contributed by atoms with Gasteiger partial charge in [0.2, 0.25) is 5.88 Å². The van der Waals surface area contributed by atoms with Crippen molar-refractivity contribution in [2.24, 2.45) is 5.84 Å². The summed E-state index contributed by atoms with van der Waals surface area (Å²) in [6.45, 7) is 0.146. The van der Waals surface area contributed by atoms with Gasteiger partial charge in [0.25, 0.3) is 5.91 Å². The summed E-state index contributed by atoms with van der Waals surface area (Å²) in [6, 6.07) is 8.94. The van der Waals surface area contributed by atoms with Crippen LogP contribution in [-0.2, 0) is 6.54 Å². The number of nitrogens with two attached hydrogens (primary N) is 1. The number of ether oxygens (including phenoxy) is 3. The standard InChI is InChI=1S/C22H23N5O4/c1-29-17-7-14(8-18(9-17)30-2)13-27(23)22(28)20-12-24-11-19(26-20)15-3-6-21(25-10-15)31-16-4-5-16/h3,6-12,16H,4-5,13,23H2,1-2H3. The minimum Gasteiger partial charge on any atom is -0.497 e. The third-order valence-corrected chi connectivity index (χ3v) is 4.72. The van der Waals surface area contributed by atoms with Crippen LogP contribution in [0.4, 0.5) is 0 Å². The molecule has 1 aliphatic rings. The van der Waals surface area contributed by atoms with Gasteiger partial charge in [-0.1, -0.05) is 0 Å². The molecule has 0 atom stereocenters. The first-order chi connectivity index (χ1) is 15.1. The van der Waals surface area contributed by atoms with Crippen LogP contribution in [-0.4, -0.2) is 46.2 Å². The maximum absolute atomic E-state index is 12.8. The molecule has 0 saturated heterocycles. The van der Waals surface area contributed by atoms with Crippen LogP contribution in [0.15, 0.2) is 48.9 Å². The lowest BCUT2D eigenvalue weighted by Crippen LogP contribution is -2.37. The summed E-state index contributed by atoms with van der Waals surface area (Å²) in [5, 5.41) is 1.08. The summed E-state index contributed by atoms with van der Waals surface area (Å²) >= 11 is 0. The molecule has 31 heavy (non-hydrogen) atoms. The highest BCUT2D eigenvalue weighted by atomic mass is 16.5. The summed E-state index contributed by atoms with van der Waals surface area (Å²) in [5.41, 5.74) is 2.14. The van der Waals surface area contributed by atoms with Crippen LogP contribution in [0.3, 0.4) is 0 Å². The van der Waals surface area contributed by atoms with Crippen LogP contribution in [0.5, 0.6) is 17.4 Å². The molecule has 9 heteroatoms. The quantitative estimate of drug-likeness (QED) is 0.336. The predicted octanol–water partition coefficient (Wildman–Crippen LogP) is 2.61. The van der Waals surface area contributed by atoms with Gasteiger partial charge in [0.05, 0.1) is 38.9 Å². The van der Waals surface area contributed by atoms with E-state index in [-0.39, 0.29) is 18.3 Å². The number of rotatable bonds is 8. The molecule has 1 aliphatic carbocycles. The third kappa shape index (κ3) is 5.07. The van der Waals surface area contributed by atoms with Crippen LogP contribution < -0.4 is 20.1 Å². The fourth-order valence-corrected chi connectivity index (χ4v) is 2.94. The monoisotopic (exact) mass is 421 g/mol. The van der Waals surface area contributed by atoms with E-state index in [1.54, 1.807) is 50.9 Å². The summed E-state index contributed by atoms with van der Waals surface area (Å²) in [4.78, 5) is 25.7. The molecule has 0 spiro atoms. The number of carbonyl (C=O) groups excluding carboxylic acids is 1. The highest BCUT2D eigenvalue weighted by molar-refractivity contribution is 5.92. The number of hydrogen-bond donors (Lipinski definition) is 1. The molecule has 1 amide bonds. The van der Waals surface area contributed by atoms with E-state index in [4.69, 9.17) is 20.1 Å². The number of pyridine rings is 1. The Morgan fingerprint density at radius 2 is 1.84 bits per heavy atom. The van der Waals surface area contributed by atoms with Gasteiger partial charge in [-0.3, -0.25) is 14.8 Å². The van der Waals surface area contributed by atoms with Crippen molar-refractivity contribution in [3.63, 3.8) is 0 Å². The molecule has 3 aromatic rings. The van der Waals surface area contributed by atoms with Gasteiger partial charge >= 0.3 is 0 Å². The zero-order valence-electron chi connectivity index (χ0n) is 17.3. The van der Waals surface area contributed by atoms with E-state index >= 15 is 0 Å². The summed E-state index contributed by atoms with van der Waals surface area (Å²) < 4.78 is 16.2. The van der Waals surface area contributed by atoms with Gasteiger partial charge in [-0.05, 0) is 36.6 Å². The minimum atomic E-state index is -0.460. The maximum atomic E-state index is 12.8. The summed E-state index contributed by atoms with van der Waals surface area (Å²) in [5.74, 6) is 7.37. The van der Waals surface area contributed by atoms with Crippen molar-refractivity contribution in [3.8, 4) is 28.6 Å². The van der Waals surface area contributed by atoms with E-state index < -0.39 is 5.91 Å². The first-order valence-corrected chi connectivity index (χ1v) is 9.79. The van der Waals surface area contributed by atoms with Gasteiger partial charge in [0.1, 0.15) is 23.3 Å². The van der Waals surface area contributed by atoms with Crippen LogP contribution in [0.1, 0.15) is 28.9 Å². The lowest BCUT2D eigenvalue weighted by molar-refractivity contribution is 0.0736. The molecule has 0 unspecified atom stereocenters. The second kappa shape index (κ2) is 8.97.